The highest BCUT2D eigenvalue weighted by atomic mass is 19.1. The third kappa shape index (κ3) is 2.22. The van der Waals surface area contributed by atoms with Crippen LogP contribution in [0.1, 0.15) is 28.3 Å². The SMILES string of the molecule is Cc1cccc(C(N)c2ccccc2F)c1C. The Bertz CT molecular complexity index is 534. The second-order valence-electron chi connectivity index (χ2n) is 4.29. The number of rotatable bonds is 2. The Labute approximate surface area is 101 Å². The summed E-state index contributed by atoms with van der Waals surface area (Å²) in [7, 11) is 0. The third-order valence-electron chi connectivity index (χ3n) is 3.22. The van der Waals surface area contributed by atoms with Crippen molar-refractivity contribution >= 4 is 0 Å². The molecule has 2 heteroatoms. The maximum Gasteiger partial charge on any atom is 0.128 e. The smallest absolute Gasteiger partial charge is 0.128 e. The normalized spacial score (nSPS) is 12.5. The molecular formula is C15H16FN. The molecule has 0 aliphatic carbocycles. The third-order valence-corrected chi connectivity index (χ3v) is 3.22. The van der Waals surface area contributed by atoms with Gasteiger partial charge in [-0.1, -0.05) is 36.4 Å². The lowest BCUT2D eigenvalue weighted by Crippen LogP contribution is -2.15. The van der Waals surface area contributed by atoms with Gasteiger partial charge in [-0.3, -0.25) is 0 Å². The van der Waals surface area contributed by atoms with Gasteiger partial charge in [-0.05, 0) is 36.6 Å². The molecule has 0 saturated heterocycles. The van der Waals surface area contributed by atoms with E-state index in [0.717, 1.165) is 11.1 Å². The molecule has 0 aliphatic rings. The topological polar surface area (TPSA) is 26.0 Å². The molecule has 1 nitrogen and oxygen atoms in total. The number of nitrogens with two attached hydrogens (primary N) is 1. The highest BCUT2D eigenvalue weighted by molar-refractivity contribution is 5.40. The molecule has 2 aromatic rings. The second-order valence-corrected chi connectivity index (χ2v) is 4.29. The van der Waals surface area contributed by atoms with Crippen LogP contribution in [0.2, 0.25) is 0 Å². The van der Waals surface area contributed by atoms with Gasteiger partial charge in [0.05, 0.1) is 6.04 Å². The van der Waals surface area contributed by atoms with E-state index in [4.69, 9.17) is 5.73 Å². The van der Waals surface area contributed by atoms with E-state index in [1.165, 1.54) is 11.6 Å². The molecule has 0 aromatic heterocycles. The highest BCUT2D eigenvalue weighted by Crippen LogP contribution is 2.25. The Balaban J connectivity index is 2.48. The number of aryl methyl sites for hydroxylation is 1. The van der Waals surface area contributed by atoms with Gasteiger partial charge < -0.3 is 5.73 Å². The second kappa shape index (κ2) is 4.68. The van der Waals surface area contributed by atoms with E-state index < -0.39 is 6.04 Å². The van der Waals surface area contributed by atoms with Crippen LogP contribution in [0.4, 0.5) is 4.39 Å². The zero-order valence-electron chi connectivity index (χ0n) is 10.1. The predicted octanol–water partition coefficient (Wildman–Crippen LogP) is 3.49. The molecule has 0 saturated carbocycles. The summed E-state index contributed by atoms with van der Waals surface area (Å²) < 4.78 is 13.7. The van der Waals surface area contributed by atoms with Crippen molar-refractivity contribution in [2.45, 2.75) is 19.9 Å². The fourth-order valence-electron chi connectivity index (χ4n) is 2.01. The van der Waals surface area contributed by atoms with Gasteiger partial charge >= 0.3 is 0 Å². The van der Waals surface area contributed by atoms with Crippen molar-refractivity contribution < 1.29 is 4.39 Å². The van der Waals surface area contributed by atoms with E-state index in [-0.39, 0.29) is 5.82 Å². The predicted molar refractivity (Wildman–Crippen MR) is 68.3 cm³/mol. The van der Waals surface area contributed by atoms with Crippen LogP contribution < -0.4 is 5.73 Å². The van der Waals surface area contributed by atoms with Crippen LogP contribution in [-0.2, 0) is 0 Å². The van der Waals surface area contributed by atoms with Gasteiger partial charge in [-0.25, -0.2) is 4.39 Å². The monoisotopic (exact) mass is 229 g/mol. The molecule has 2 N–H and O–H groups in total. The molecule has 0 aliphatic heterocycles. The Kier molecular flexibility index (Phi) is 3.25. The summed E-state index contributed by atoms with van der Waals surface area (Å²) in [5, 5.41) is 0. The molecule has 2 rings (SSSR count). The Morgan fingerprint density at radius 1 is 0.941 bits per heavy atom. The molecule has 0 radical (unpaired) electrons. The molecule has 0 bridgehead atoms. The molecule has 88 valence electrons. The van der Waals surface area contributed by atoms with Gasteiger partial charge in [0.25, 0.3) is 0 Å². The van der Waals surface area contributed by atoms with Gasteiger partial charge in [-0.2, -0.15) is 0 Å². The Morgan fingerprint density at radius 2 is 1.59 bits per heavy atom. The molecular weight excluding hydrogens is 213 g/mol. The van der Waals surface area contributed by atoms with Crippen LogP contribution >= 0.6 is 0 Å². The molecule has 0 heterocycles. The lowest BCUT2D eigenvalue weighted by molar-refractivity contribution is 0.599. The summed E-state index contributed by atoms with van der Waals surface area (Å²) in [6, 6.07) is 12.2. The maximum absolute atomic E-state index is 13.7. The van der Waals surface area contributed by atoms with Gasteiger partial charge in [0.15, 0.2) is 0 Å². The Morgan fingerprint density at radius 3 is 2.29 bits per heavy atom. The summed E-state index contributed by atoms with van der Waals surface area (Å²) in [5.74, 6) is -0.249. The zero-order chi connectivity index (χ0) is 12.4. The average molecular weight is 229 g/mol. The summed E-state index contributed by atoms with van der Waals surface area (Å²) >= 11 is 0. The largest absolute Gasteiger partial charge is 0.320 e. The number of halogens is 1. The lowest BCUT2D eigenvalue weighted by Gasteiger charge is -2.17. The summed E-state index contributed by atoms with van der Waals surface area (Å²) in [6.07, 6.45) is 0. The van der Waals surface area contributed by atoms with E-state index in [1.807, 2.05) is 38.1 Å². The quantitative estimate of drug-likeness (QED) is 0.838. The minimum absolute atomic E-state index is 0.249. The molecule has 0 fully saturated rings. The van der Waals surface area contributed by atoms with Crippen LogP contribution in [0.5, 0.6) is 0 Å². The minimum Gasteiger partial charge on any atom is -0.320 e. The zero-order valence-corrected chi connectivity index (χ0v) is 10.1. The number of hydrogen-bond acceptors (Lipinski definition) is 1. The molecule has 0 amide bonds. The lowest BCUT2D eigenvalue weighted by atomic mass is 9.93. The van der Waals surface area contributed by atoms with Crippen molar-refractivity contribution in [3.8, 4) is 0 Å². The molecule has 0 spiro atoms. The van der Waals surface area contributed by atoms with Gasteiger partial charge in [0.2, 0.25) is 0 Å². The van der Waals surface area contributed by atoms with E-state index in [2.05, 4.69) is 0 Å². The van der Waals surface area contributed by atoms with Crippen molar-refractivity contribution in [1.82, 2.24) is 0 Å². The standard InChI is InChI=1S/C15H16FN/c1-10-6-5-8-12(11(10)2)15(17)13-7-3-4-9-14(13)16/h3-9,15H,17H2,1-2H3. The van der Waals surface area contributed by atoms with Gasteiger partial charge in [0, 0.05) is 5.56 Å². The number of benzene rings is 2. The van der Waals surface area contributed by atoms with E-state index in [0.29, 0.717) is 5.56 Å². The van der Waals surface area contributed by atoms with Crippen LogP contribution in [0.3, 0.4) is 0 Å². The first-order valence-corrected chi connectivity index (χ1v) is 5.67. The molecule has 1 unspecified atom stereocenters. The summed E-state index contributed by atoms with van der Waals surface area (Å²) in [5.41, 5.74) is 9.97. The first-order chi connectivity index (χ1) is 8.11. The molecule has 17 heavy (non-hydrogen) atoms. The minimum atomic E-state index is -0.406. The first-order valence-electron chi connectivity index (χ1n) is 5.67. The van der Waals surface area contributed by atoms with Crippen molar-refractivity contribution in [3.05, 3.63) is 70.5 Å². The van der Waals surface area contributed by atoms with E-state index >= 15 is 0 Å². The molecule has 1 atom stereocenters. The average Bonchev–Trinajstić information content (AvgIpc) is 2.32. The van der Waals surface area contributed by atoms with Crippen LogP contribution in [0.25, 0.3) is 0 Å². The van der Waals surface area contributed by atoms with Crippen molar-refractivity contribution in [1.29, 1.82) is 0 Å². The summed E-state index contributed by atoms with van der Waals surface area (Å²) in [4.78, 5) is 0. The van der Waals surface area contributed by atoms with Crippen molar-refractivity contribution in [2.75, 3.05) is 0 Å². The van der Waals surface area contributed by atoms with E-state index in [1.54, 1.807) is 12.1 Å². The van der Waals surface area contributed by atoms with Crippen LogP contribution in [0, 0.1) is 19.7 Å². The highest BCUT2D eigenvalue weighted by Gasteiger charge is 2.15. The van der Waals surface area contributed by atoms with Crippen molar-refractivity contribution in [3.63, 3.8) is 0 Å². The Hall–Kier alpha value is -1.67. The van der Waals surface area contributed by atoms with Crippen LogP contribution in [-0.4, -0.2) is 0 Å². The van der Waals surface area contributed by atoms with Gasteiger partial charge in [-0.15, -0.1) is 0 Å². The maximum atomic E-state index is 13.7. The fraction of sp³-hybridized carbons (Fsp3) is 0.200. The first kappa shape index (κ1) is 11.8. The fourth-order valence-corrected chi connectivity index (χ4v) is 2.01. The van der Waals surface area contributed by atoms with Crippen molar-refractivity contribution in [2.24, 2.45) is 5.73 Å². The van der Waals surface area contributed by atoms with Gasteiger partial charge in [0.1, 0.15) is 5.82 Å². The van der Waals surface area contributed by atoms with E-state index in [9.17, 15) is 4.39 Å². The number of hydrogen-bond donors (Lipinski definition) is 1. The summed E-state index contributed by atoms with van der Waals surface area (Å²) in [6.45, 7) is 4.05. The van der Waals surface area contributed by atoms with Crippen LogP contribution in [0.15, 0.2) is 42.5 Å². The molecule has 2 aromatic carbocycles.